The average Bonchev–Trinajstić information content (AvgIpc) is 2.86. The molecule has 0 amide bonds. The largest absolute Gasteiger partial charge is 0.491 e. The fraction of sp³-hybridized carbons (Fsp3) is 0.310. The first-order valence-corrected chi connectivity index (χ1v) is 13.4. The van der Waals surface area contributed by atoms with E-state index in [-0.39, 0.29) is 24.7 Å². The summed E-state index contributed by atoms with van der Waals surface area (Å²) in [4.78, 5) is 22.9. The summed E-state index contributed by atoms with van der Waals surface area (Å²) >= 11 is 18.9. The summed E-state index contributed by atoms with van der Waals surface area (Å²) in [6, 6.07) is 18.2. The van der Waals surface area contributed by atoms with Gasteiger partial charge < -0.3 is 15.2 Å². The van der Waals surface area contributed by atoms with Crippen molar-refractivity contribution in [2.24, 2.45) is 0 Å². The van der Waals surface area contributed by atoms with Crippen LogP contribution in [0.25, 0.3) is 11.1 Å². The van der Waals surface area contributed by atoms with Crippen LogP contribution in [-0.2, 0) is 4.79 Å². The predicted molar refractivity (Wildman–Crippen MR) is 152 cm³/mol. The molecule has 0 aliphatic heterocycles. The van der Waals surface area contributed by atoms with E-state index >= 15 is 0 Å². The summed E-state index contributed by atoms with van der Waals surface area (Å²) in [5.41, 5.74) is 3.06. The highest BCUT2D eigenvalue weighted by Gasteiger charge is 2.13. The van der Waals surface area contributed by atoms with Gasteiger partial charge in [-0.2, -0.15) is 0 Å². The Kier molecular flexibility index (Phi) is 11.1. The van der Waals surface area contributed by atoms with Gasteiger partial charge >= 0.3 is 5.97 Å². The zero-order valence-corrected chi connectivity index (χ0v) is 22.9. The van der Waals surface area contributed by atoms with Crippen LogP contribution in [0.3, 0.4) is 0 Å². The lowest BCUT2D eigenvalue weighted by Gasteiger charge is -2.21. The van der Waals surface area contributed by atoms with Gasteiger partial charge in [0, 0.05) is 45.3 Å². The molecule has 0 aliphatic carbocycles. The number of anilines is 1. The number of rotatable bonds is 14. The van der Waals surface area contributed by atoms with E-state index in [1.54, 1.807) is 30.3 Å². The average molecular weight is 563 g/mol. The number of hydrogen-bond acceptors (Lipinski definition) is 4. The number of carbonyl (C=O) groups excluding carboxylic acids is 1. The Morgan fingerprint density at radius 3 is 2.19 bits per heavy atom. The van der Waals surface area contributed by atoms with Gasteiger partial charge in [-0.3, -0.25) is 9.59 Å². The highest BCUT2D eigenvalue weighted by Crippen LogP contribution is 2.36. The van der Waals surface area contributed by atoms with Crippen LogP contribution < -0.4 is 10.1 Å². The van der Waals surface area contributed by atoms with Gasteiger partial charge in [0.25, 0.3) is 0 Å². The predicted octanol–water partition coefficient (Wildman–Crippen LogP) is 8.80. The maximum absolute atomic E-state index is 12.3. The van der Waals surface area contributed by atoms with Crippen LogP contribution in [0.4, 0.5) is 5.69 Å². The summed E-state index contributed by atoms with van der Waals surface area (Å²) in [6.07, 6.45) is 3.56. The second kappa shape index (κ2) is 14.3. The minimum Gasteiger partial charge on any atom is -0.491 e. The number of halogens is 3. The van der Waals surface area contributed by atoms with Crippen LogP contribution in [0, 0.1) is 0 Å². The van der Waals surface area contributed by atoms with Gasteiger partial charge in [-0.1, -0.05) is 60.6 Å². The van der Waals surface area contributed by atoms with E-state index in [4.69, 9.17) is 44.6 Å². The Hall–Kier alpha value is -2.73. The smallest absolute Gasteiger partial charge is 0.303 e. The van der Waals surface area contributed by atoms with Crippen molar-refractivity contribution in [3.63, 3.8) is 0 Å². The summed E-state index contributed by atoms with van der Waals surface area (Å²) in [6.45, 7) is 2.58. The Labute approximate surface area is 232 Å². The first-order chi connectivity index (χ1) is 17.8. The second-order valence-electron chi connectivity index (χ2n) is 8.81. The third-order valence-corrected chi connectivity index (χ3v) is 6.75. The molecule has 0 aliphatic rings. The van der Waals surface area contributed by atoms with Crippen molar-refractivity contribution in [3.05, 3.63) is 81.3 Å². The molecule has 0 aromatic heterocycles. The second-order valence-corrected chi connectivity index (χ2v) is 10.1. The third kappa shape index (κ3) is 8.96. The van der Waals surface area contributed by atoms with E-state index in [0.717, 1.165) is 36.1 Å². The Bertz CT molecular complexity index is 1210. The quantitative estimate of drug-likeness (QED) is 0.192. The maximum Gasteiger partial charge on any atom is 0.303 e. The molecule has 0 saturated heterocycles. The Morgan fingerprint density at radius 1 is 0.892 bits per heavy atom. The maximum atomic E-state index is 12.3. The molecule has 37 heavy (non-hydrogen) atoms. The van der Waals surface area contributed by atoms with Crippen molar-refractivity contribution in [3.8, 4) is 16.9 Å². The summed E-state index contributed by atoms with van der Waals surface area (Å²) in [5, 5.41) is 13.9. The van der Waals surface area contributed by atoms with Crippen molar-refractivity contribution >= 4 is 52.2 Å². The number of unbranched alkanes of at least 4 members (excludes halogenated alkanes) is 1. The molecule has 0 fully saturated rings. The normalized spacial score (nSPS) is 11.7. The number of benzene rings is 3. The molecule has 0 radical (unpaired) electrons. The molecule has 0 heterocycles. The van der Waals surface area contributed by atoms with Crippen molar-refractivity contribution in [1.29, 1.82) is 0 Å². The molecule has 8 heteroatoms. The minimum absolute atomic E-state index is 0.00665. The third-order valence-electron chi connectivity index (χ3n) is 5.89. The number of carboxylic acid groups (broad SMARTS) is 1. The summed E-state index contributed by atoms with van der Waals surface area (Å²) in [7, 11) is 0. The molecule has 2 N–H and O–H groups in total. The van der Waals surface area contributed by atoms with E-state index in [2.05, 4.69) is 12.2 Å². The zero-order chi connectivity index (χ0) is 26.8. The van der Waals surface area contributed by atoms with E-state index in [9.17, 15) is 9.59 Å². The number of carboxylic acids is 1. The number of aliphatic carboxylic acids is 1. The van der Waals surface area contributed by atoms with Crippen molar-refractivity contribution < 1.29 is 19.4 Å². The molecule has 3 aromatic carbocycles. The van der Waals surface area contributed by atoms with E-state index in [0.29, 0.717) is 39.4 Å². The van der Waals surface area contributed by atoms with Crippen molar-refractivity contribution in [2.45, 2.75) is 51.5 Å². The first-order valence-electron chi connectivity index (χ1n) is 12.3. The van der Waals surface area contributed by atoms with Crippen LogP contribution in [0.5, 0.6) is 5.75 Å². The van der Waals surface area contributed by atoms with Crippen LogP contribution in [-0.4, -0.2) is 29.5 Å². The van der Waals surface area contributed by atoms with Gasteiger partial charge in [0.05, 0.1) is 11.1 Å². The Morgan fingerprint density at radius 2 is 1.57 bits per heavy atom. The number of hydrogen-bond donors (Lipinski definition) is 2. The van der Waals surface area contributed by atoms with Gasteiger partial charge in [-0.15, -0.1) is 0 Å². The van der Waals surface area contributed by atoms with Crippen LogP contribution in [0.15, 0.2) is 60.7 Å². The lowest BCUT2D eigenvalue weighted by molar-refractivity contribution is -0.137. The molecule has 0 unspecified atom stereocenters. The van der Waals surface area contributed by atoms with Crippen molar-refractivity contribution in [1.82, 2.24) is 0 Å². The molecule has 196 valence electrons. The summed E-state index contributed by atoms with van der Waals surface area (Å²) in [5.74, 6) is -0.292. The van der Waals surface area contributed by atoms with Crippen LogP contribution in [0.2, 0.25) is 15.1 Å². The van der Waals surface area contributed by atoms with Crippen LogP contribution in [0.1, 0.15) is 55.8 Å². The molecular weight excluding hydrogens is 533 g/mol. The lowest BCUT2D eigenvalue weighted by atomic mass is 10.0. The fourth-order valence-electron chi connectivity index (χ4n) is 3.89. The number of carbonyl (C=O) groups is 2. The van der Waals surface area contributed by atoms with Gasteiger partial charge in [-0.05, 0) is 67.4 Å². The molecule has 5 nitrogen and oxygen atoms in total. The van der Waals surface area contributed by atoms with E-state index in [1.165, 1.54) is 0 Å². The topological polar surface area (TPSA) is 75.6 Å². The lowest BCUT2D eigenvalue weighted by Crippen LogP contribution is -2.27. The number of ether oxygens (including phenoxy) is 1. The molecule has 0 spiro atoms. The van der Waals surface area contributed by atoms with Gasteiger partial charge in [0.1, 0.15) is 12.4 Å². The molecule has 0 bridgehead atoms. The van der Waals surface area contributed by atoms with Crippen molar-refractivity contribution in [2.75, 3.05) is 11.9 Å². The van der Waals surface area contributed by atoms with Gasteiger partial charge in [0.2, 0.25) is 0 Å². The highest BCUT2D eigenvalue weighted by atomic mass is 35.5. The monoisotopic (exact) mass is 561 g/mol. The fourth-order valence-corrected chi connectivity index (χ4v) is 4.67. The number of ketones is 1. The van der Waals surface area contributed by atoms with Gasteiger partial charge in [-0.25, -0.2) is 0 Å². The molecule has 3 rings (SSSR count). The highest BCUT2D eigenvalue weighted by molar-refractivity contribution is 6.38. The number of Topliss-reactive ketones (excluding diaryl/α,β-unsaturated/α-hetero) is 1. The molecule has 0 saturated carbocycles. The molecule has 1 atom stereocenters. The summed E-state index contributed by atoms with van der Waals surface area (Å²) < 4.78 is 6.08. The van der Waals surface area contributed by atoms with E-state index < -0.39 is 5.97 Å². The minimum atomic E-state index is -0.892. The van der Waals surface area contributed by atoms with Gasteiger partial charge in [0.15, 0.2) is 5.78 Å². The number of nitrogens with one attached hydrogen (secondary N) is 1. The molecular formula is C29H30Cl3NO4. The standard InChI is InChI=1S/C29H30Cl3NO4/c1-2-3-5-22(33-21-11-8-19(9-12-21)28(34)6-4-7-29(35)36)18-37-23-13-15-25(27(32)17-23)24-14-10-20(30)16-26(24)31/h8-17,22,33H,2-7,18H2,1H3,(H,35,36)/t22-/m0/s1. The first kappa shape index (κ1) is 28.8. The molecule has 3 aromatic rings. The van der Waals surface area contributed by atoms with Crippen LogP contribution >= 0.6 is 34.8 Å². The Balaban J connectivity index is 1.61. The SMILES string of the molecule is CCCC[C@@H](COc1ccc(-c2ccc(Cl)cc2Cl)c(Cl)c1)Nc1ccc(C(=O)CCCC(=O)O)cc1. The van der Waals surface area contributed by atoms with E-state index in [1.807, 2.05) is 30.3 Å². The zero-order valence-electron chi connectivity index (χ0n) is 20.6.